The zero-order valence-corrected chi connectivity index (χ0v) is 12.8. The van der Waals surface area contributed by atoms with Crippen molar-refractivity contribution in [3.63, 3.8) is 0 Å². The van der Waals surface area contributed by atoms with Gasteiger partial charge in [0, 0.05) is 0 Å². The minimum Gasteiger partial charge on any atom is -0.484 e. The van der Waals surface area contributed by atoms with Gasteiger partial charge >= 0.3 is 0 Å². The van der Waals surface area contributed by atoms with Crippen molar-refractivity contribution in [2.45, 2.75) is 57.6 Å². The predicted molar refractivity (Wildman–Crippen MR) is 82.4 cm³/mol. The number of hydrogen-bond donors (Lipinski definition) is 2. The SMILES string of the molecule is CC(C)c1cccc(OCC(=O)NC2CCCCC2O)c1. The first-order chi connectivity index (χ1) is 10.1. The van der Waals surface area contributed by atoms with Crippen molar-refractivity contribution in [3.05, 3.63) is 29.8 Å². The number of rotatable bonds is 5. The van der Waals surface area contributed by atoms with Gasteiger partial charge in [0.2, 0.25) is 0 Å². The summed E-state index contributed by atoms with van der Waals surface area (Å²) in [5.74, 6) is 0.969. The molecule has 2 N–H and O–H groups in total. The van der Waals surface area contributed by atoms with Crippen molar-refractivity contribution >= 4 is 5.91 Å². The molecule has 4 nitrogen and oxygen atoms in total. The molecule has 0 radical (unpaired) electrons. The predicted octanol–water partition coefficient (Wildman–Crippen LogP) is 2.61. The first kappa shape index (κ1) is 15.8. The first-order valence-corrected chi connectivity index (χ1v) is 7.76. The second kappa shape index (κ2) is 7.46. The van der Waals surface area contributed by atoms with Gasteiger partial charge < -0.3 is 15.2 Å². The lowest BCUT2D eigenvalue weighted by Crippen LogP contribution is -2.46. The standard InChI is InChI=1S/C17H25NO3/c1-12(2)13-6-5-7-14(10-13)21-11-17(20)18-15-8-3-4-9-16(15)19/h5-7,10,12,15-16,19H,3-4,8-9,11H2,1-2H3,(H,18,20). The molecule has 0 heterocycles. The molecule has 2 rings (SSSR count). The Morgan fingerprint density at radius 2 is 2.14 bits per heavy atom. The lowest BCUT2D eigenvalue weighted by atomic mass is 9.92. The number of aliphatic hydroxyl groups excluding tert-OH is 1. The van der Waals surface area contributed by atoms with Gasteiger partial charge in [-0.1, -0.05) is 38.8 Å². The summed E-state index contributed by atoms with van der Waals surface area (Å²) in [6, 6.07) is 7.68. The van der Waals surface area contributed by atoms with Crippen molar-refractivity contribution in [1.29, 1.82) is 0 Å². The van der Waals surface area contributed by atoms with E-state index >= 15 is 0 Å². The van der Waals surface area contributed by atoms with Crippen molar-refractivity contribution in [3.8, 4) is 5.75 Å². The van der Waals surface area contributed by atoms with Crippen LogP contribution in [0.3, 0.4) is 0 Å². The fourth-order valence-electron chi connectivity index (χ4n) is 2.64. The summed E-state index contributed by atoms with van der Waals surface area (Å²) in [5.41, 5.74) is 1.19. The van der Waals surface area contributed by atoms with E-state index in [0.29, 0.717) is 11.7 Å². The first-order valence-electron chi connectivity index (χ1n) is 7.76. The van der Waals surface area contributed by atoms with E-state index in [0.717, 1.165) is 25.7 Å². The number of hydrogen-bond acceptors (Lipinski definition) is 3. The van der Waals surface area contributed by atoms with Gasteiger partial charge in [-0.3, -0.25) is 4.79 Å². The monoisotopic (exact) mass is 291 g/mol. The normalized spacial score (nSPS) is 22.1. The van der Waals surface area contributed by atoms with Gasteiger partial charge in [0.1, 0.15) is 5.75 Å². The Hall–Kier alpha value is -1.55. The molecule has 4 heteroatoms. The van der Waals surface area contributed by atoms with Crippen LogP contribution in [0.5, 0.6) is 5.75 Å². The Balaban J connectivity index is 1.82. The van der Waals surface area contributed by atoms with Gasteiger partial charge in [-0.2, -0.15) is 0 Å². The number of amides is 1. The molecule has 2 unspecified atom stereocenters. The highest BCUT2D eigenvalue weighted by atomic mass is 16.5. The van der Waals surface area contributed by atoms with Crippen molar-refractivity contribution < 1.29 is 14.6 Å². The average Bonchev–Trinajstić information content (AvgIpc) is 2.48. The summed E-state index contributed by atoms with van der Waals surface area (Å²) in [5, 5.41) is 12.7. The van der Waals surface area contributed by atoms with E-state index in [1.54, 1.807) is 0 Å². The van der Waals surface area contributed by atoms with Crippen LogP contribution in [0.15, 0.2) is 24.3 Å². The third kappa shape index (κ3) is 4.74. The van der Waals surface area contributed by atoms with Crippen LogP contribution in [0.2, 0.25) is 0 Å². The fraction of sp³-hybridized carbons (Fsp3) is 0.588. The van der Waals surface area contributed by atoms with Crippen molar-refractivity contribution in [2.75, 3.05) is 6.61 Å². The molecule has 1 aromatic carbocycles. The van der Waals surface area contributed by atoms with Crippen LogP contribution in [0.4, 0.5) is 0 Å². The quantitative estimate of drug-likeness (QED) is 0.876. The Bertz CT molecular complexity index is 473. The number of carbonyl (C=O) groups is 1. The van der Waals surface area contributed by atoms with Gasteiger partial charge in [0.15, 0.2) is 6.61 Å². The molecule has 1 amide bonds. The molecule has 1 aliphatic carbocycles. The molecular formula is C17H25NO3. The van der Waals surface area contributed by atoms with Crippen LogP contribution in [-0.4, -0.2) is 29.8 Å². The molecule has 1 saturated carbocycles. The summed E-state index contributed by atoms with van der Waals surface area (Å²) >= 11 is 0. The maximum absolute atomic E-state index is 11.9. The molecule has 0 aliphatic heterocycles. The van der Waals surface area contributed by atoms with E-state index in [9.17, 15) is 9.90 Å². The molecule has 116 valence electrons. The lowest BCUT2D eigenvalue weighted by Gasteiger charge is -2.28. The molecule has 0 spiro atoms. The average molecular weight is 291 g/mol. The second-order valence-electron chi connectivity index (χ2n) is 6.04. The maximum Gasteiger partial charge on any atom is 0.258 e. The van der Waals surface area contributed by atoms with E-state index in [1.807, 2.05) is 18.2 Å². The minimum absolute atomic E-state index is 0.00916. The van der Waals surface area contributed by atoms with Gasteiger partial charge in [-0.25, -0.2) is 0 Å². The van der Waals surface area contributed by atoms with Gasteiger partial charge in [-0.05, 0) is 36.5 Å². The molecule has 1 aromatic rings. The third-order valence-electron chi connectivity index (χ3n) is 3.97. The highest BCUT2D eigenvalue weighted by Gasteiger charge is 2.24. The van der Waals surface area contributed by atoms with Crippen LogP contribution in [0.25, 0.3) is 0 Å². The molecule has 2 atom stereocenters. The Morgan fingerprint density at radius 1 is 1.38 bits per heavy atom. The van der Waals surface area contributed by atoms with Gasteiger partial charge in [-0.15, -0.1) is 0 Å². The summed E-state index contributed by atoms with van der Waals surface area (Å²) < 4.78 is 5.54. The Kier molecular flexibility index (Phi) is 5.62. The van der Waals surface area contributed by atoms with E-state index in [4.69, 9.17) is 4.74 Å². The molecule has 0 saturated heterocycles. The summed E-state index contributed by atoms with van der Waals surface area (Å²) in [4.78, 5) is 11.9. The van der Waals surface area contributed by atoms with E-state index in [2.05, 4.69) is 25.2 Å². The second-order valence-corrected chi connectivity index (χ2v) is 6.04. The molecule has 0 bridgehead atoms. The van der Waals surface area contributed by atoms with Crippen LogP contribution in [0.1, 0.15) is 51.0 Å². The Morgan fingerprint density at radius 3 is 2.86 bits per heavy atom. The van der Waals surface area contributed by atoms with Crippen molar-refractivity contribution in [2.24, 2.45) is 0 Å². The fourth-order valence-corrected chi connectivity index (χ4v) is 2.64. The zero-order chi connectivity index (χ0) is 15.2. The zero-order valence-electron chi connectivity index (χ0n) is 12.8. The van der Waals surface area contributed by atoms with Crippen molar-refractivity contribution in [1.82, 2.24) is 5.32 Å². The highest BCUT2D eigenvalue weighted by Crippen LogP contribution is 2.20. The van der Waals surface area contributed by atoms with Gasteiger partial charge in [0.05, 0.1) is 12.1 Å². The molecule has 1 fully saturated rings. The molecule has 21 heavy (non-hydrogen) atoms. The molecular weight excluding hydrogens is 266 g/mol. The smallest absolute Gasteiger partial charge is 0.258 e. The number of carbonyl (C=O) groups excluding carboxylic acids is 1. The summed E-state index contributed by atoms with van der Waals surface area (Å²) in [7, 11) is 0. The largest absolute Gasteiger partial charge is 0.484 e. The summed E-state index contributed by atoms with van der Waals surface area (Å²) in [6.45, 7) is 4.23. The molecule has 0 aromatic heterocycles. The number of ether oxygens (including phenoxy) is 1. The third-order valence-corrected chi connectivity index (χ3v) is 3.97. The van der Waals surface area contributed by atoms with Crippen LogP contribution in [0, 0.1) is 0 Å². The highest BCUT2D eigenvalue weighted by molar-refractivity contribution is 5.77. The minimum atomic E-state index is -0.424. The number of nitrogens with one attached hydrogen (secondary N) is 1. The topological polar surface area (TPSA) is 58.6 Å². The van der Waals surface area contributed by atoms with Crippen LogP contribution in [-0.2, 0) is 4.79 Å². The Labute approximate surface area is 126 Å². The van der Waals surface area contributed by atoms with E-state index in [-0.39, 0.29) is 18.6 Å². The van der Waals surface area contributed by atoms with Crippen LogP contribution < -0.4 is 10.1 Å². The number of benzene rings is 1. The maximum atomic E-state index is 11.9. The lowest BCUT2D eigenvalue weighted by molar-refractivity contribution is -0.125. The van der Waals surface area contributed by atoms with Crippen LogP contribution >= 0.6 is 0 Å². The van der Waals surface area contributed by atoms with Gasteiger partial charge in [0.25, 0.3) is 5.91 Å². The molecule has 1 aliphatic rings. The van der Waals surface area contributed by atoms with E-state index in [1.165, 1.54) is 5.56 Å². The summed E-state index contributed by atoms with van der Waals surface area (Å²) in [6.07, 6.45) is 3.27. The number of aliphatic hydroxyl groups is 1. The van der Waals surface area contributed by atoms with E-state index < -0.39 is 6.10 Å².